The van der Waals surface area contributed by atoms with Gasteiger partial charge in [-0.05, 0) is 41.1 Å². The van der Waals surface area contributed by atoms with Crippen molar-refractivity contribution in [3.8, 4) is 0 Å². The monoisotopic (exact) mass is 262 g/mol. The number of rotatable bonds is 3. The molecule has 0 aliphatic heterocycles. The van der Waals surface area contributed by atoms with Crippen molar-refractivity contribution in [1.29, 1.82) is 0 Å². The van der Waals surface area contributed by atoms with Gasteiger partial charge in [-0.3, -0.25) is 0 Å². The van der Waals surface area contributed by atoms with E-state index < -0.39 is 0 Å². The topological polar surface area (TPSA) is 24.9 Å². The van der Waals surface area contributed by atoms with Crippen LogP contribution in [-0.4, -0.2) is 11.5 Å². The average molecular weight is 262 g/mol. The molecule has 0 saturated carbocycles. The Morgan fingerprint density at radius 1 is 1.55 bits per heavy atom. The minimum Gasteiger partial charge on any atom is -0.370 e. The zero-order valence-electron chi connectivity index (χ0n) is 6.47. The maximum atomic E-state index is 4.29. The summed E-state index contributed by atoms with van der Waals surface area (Å²) in [4.78, 5) is 4.29. The predicted molar refractivity (Wildman–Crippen MR) is 55.7 cm³/mol. The Morgan fingerprint density at radius 2 is 2.36 bits per heavy atom. The minimum absolute atomic E-state index is 0.971. The van der Waals surface area contributed by atoms with Gasteiger partial charge in [0, 0.05) is 6.54 Å². The molecule has 0 fully saturated rings. The van der Waals surface area contributed by atoms with Crippen molar-refractivity contribution in [3.05, 3.63) is 21.9 Å². The Labute approximate surface area is 80.6 Å². The zero-order chi connectivity index (χ0) is 8.10. The van der Waals surface area contributed by atoms with E-state index in [1.807, 2.05) is 18.2 Å². The van der Waals surface area contributed by atoms with Gasteiger partial charge in [-0.2, -0.15) is 0 Å². The van der Waals surface area contributed by atoms with Crippen molar-refractivity contribution >= 4 is 28.4 Å². The maximum Gasteiger partial charge on any atom is 0.127 e. The molecule has 0 atom stereocenters. The molecular formula is C8H11IN2. The van der Waals surface area contributed by atoms with Gasteiger partial charge in [0.05, 0.1) is 0 Å². The third kappa shape index (κ3) is 3.05. The maximum absolute atomic E-state index is 4.29. The second-order valence-corrected chi connectivity index (χ2v) is 3.38. The van der Waals surface area contributed by atoms with Crippen LogP contribution in [0.15, 0.2) is 18.2 Å². The van der Waals surface area contributed by atoms with Crippen LogP contribution in [0, 0.1) is 3.70 Å². The largest absolute Gasteiger partial charge is 0.370 e. The van der Waals surface area contributed by atoms with Crippen molar-refractivity contribution in [3.63, 3.8) is 0 Å². The Kier molecular flexibility index (Phi) is 3.62. The van der Waals surface area contributed by atoms with E-state index in [0.717, 1.165) is 22.5 Å². The molecule has 1 heterocycles. The third-order valence-electron chi connectivity index (χ3n) is 1.27. The summed E-state index contributed by atoms with van der Waals surface area (Å²) in [6.07, 6.45) is 1.13. The van der Waals surface area contributed by atoms with E-state index in [-0.39, 0.29) is 0 Å². The Bertz CT molecular complexity index is 225. The molecule has 0 aliphatic carbocycles. The Hall–Kier alpha value is -0.320. The first-order valence-electron chi connectivity index (χ1n) is 3.69. The number of halogens is 1. The molecule has 0 spiro atoms. The first-order valence-corrected chi connectivity index (χ1v) is 4.77. The fourth-order valence-electron chi connectivity index (χ4n) is 0.760. The molecule has 0 bridgehead atoms. The molecule has 0 aliphatic rings. The summed E-state index contributed by atoms with van der Waals surface area (Å²) < 4.78 is 1.03. The fraction of sp³-hybridized carbons (Fsp3) is 0.375. The Morgan fingerprint density at radius 3 is 3.00 bits per heavy atom. The van der Waals surface area contributed by atoms with Crippen LogP contribution in [0.1, 0.15) is 13.3 Å². The van der Waals surface area contributed by atoms with Gasteiger partial charge in [-0.1, -0.05) is 13.0 Å². The van der Waals surface area contributed by atoms with E-state index in [4.69, 9.17) is 0 Å². The van der Waals surface area contributed by atoms with Crippen LogP contribution in [0.5, 0.6) is 0 Å². The summed E-state index contributed by atoms with van der Waals surface area (Å²) in [5.74, 6) is 0.971. The number of nitrogens with one attached hydrogen (secondary N) is 1. The highest BCUT2D eigenvalue weighted by Gasteiger charge is 1.91. The molecule has 2 nitrogen and oxygen atoms in total. The number of aromatic nitrogens is 1. The molecule has 3 heteroatoms. The van der Waals surface area contributed by atoms with Gasteiger partial charge in [0.1, 0.15) is 9.52 Å². The molecule has 0 aromatic carbocycles. The fourth-order valence-corrected chi connectivity index (χ4v) is 1.23. The van der Waals surface area contributed by atoms with Crippen LogP contribution in [0.4, 0.5) is 5.82 Å². The van der Waals surface area contributed by atoms with Gasteiger partial charge < -0.3 is 5.32 Å². The first kappa shape index (κ1) is 8.77. The number of anilines is 1. The second-order valence-electron chi connectivity index (χ2n) is 2.27. The summed E-state index contributed by atoms with van der Waals surface area (Å²) >= 11 is 2.21. The van der Waals surface area contributed by atoms with Crippen molar-refractivity contribution in [2.75, 3.05) is 11.9 Å². The van der Waals surface area contributed by atoms with Crippen LogP contribution in [-0.2, 0) is 0 Å². The molecule has 1 rings (SSSR count). The summed E-state index contributed by atoms with van der Waals surface area (Å²) in [7, 11) is 0. The SMILES string of the molecule is CCCNc1cccc(I)n1. The van der Waals surface area contributed by atoms with Crippen LogP contribution in [0.2, 0.25) is 0 Å². The molecule has 0 radical (unpaired) electrons. The smallest absolute Gasteiger partial charge is 0.127 e. The quantitative estimate of drug-likeness (QED) is 0.668. The molecular weight excluding hydrogens is 251 g/mol. The lowest BCUT2D eigenvalue weighted by molar-refractivity contribution is 0.967. The van der Waals surface area contributed by atoms with Crippen molar-refractivity contribution in [2.45, 2.75) is 13.3 Å². The summed E-state index contributed by atoms with van der Waals surface area (Å²) in [6.45, 7) is 3.13. The Balaban J connectivity index is 2.56. The third-order valence-corrected chi connectivity index (χ3v) is 1.87. The van der Waals surface area contributed by atoms with Gasteiger partial charge in [0.15, 0.2) is 0 Å². The van der Waals surface area contributed by atoms with E-state index in [2.05, 4.69) is 39.8 Å². The van der Waals surface area contributed by atoms with Crippen LogP contribution in [0.25, 0.3) is 0 Å². The summed E-state index contributed by atoms with van der Waals surface area (Å²) in [5.41, 5.74) is 0. The van der Waals surface area contributed by atoms with Gasteiger partial charge >= 0.3 is 0 Å². The normalized spacial score (nSPS) is 9.64. The highest BCUT2D eigenvalue weighted by molar-refractivity contribution is 14.1. The van der Waals surface area contributed by atoms with E-state index in [1.54, 1.807) is 0 Å². The number of hydrogen-bond donors (Lipinski definition) is 1. The van der Waals surface area contributed by atoms with E-state index in [9.17, 15) is 0 Å². The lowest BCUT2D eigenvalue weighted by Gasteiger charge is -2.02. The van der Waals surface area contributed by atoms with Gasteiger partial charge in [0.25, 0.3) is 0 Å². The van der Waals surface area contributed by atoms with Crippen LogP contribution < -0.4 is 5.32 Å². The molecule has 1 aromatic heterocycles. The van der Waals surface area contributed by atoms with Crippen molar-refractivity contribution in [2.24, 2.45) is 0 Å². The van der Waals surface area contributed by atoms with E-state index in [0.29, 0.717) is 0 Å². The first-order chi connectivity index (χ1) is 5.33. The van der Waals surface area contributed by atoms with Crippen LogP contribution in [0.3, 0.4) is 0 Å². The lowest BCUT2D eigenvalue weighted by atomic mass is 10.4. The number of pyridine rings is 1. The van der Waals surface area contributed by atoms with Crippen LogP contribution >= 0.6 is 22.6 Å². The highest BCUT2D eigenvalue weighted by atomic mass is 127. The highest BCUT2D eigenvalue weighted by Crippen LogP contribution is 2.06. The van der Waals surface area contributed by atoms with Gasteiger partial charge in [0.2, 0.25) is 0 Å². The summed E-state index contributed by atoms with van der Waals surface area (Å²) in [5, 5.41) is 3.22. The molecule has 1 N–H and O–H groups in total. The standard InChI is InChI=1S/C8H11IN2/c1-2-6-10-8-5-3-4-7(9)11-8/h3-5H,2,6H2,1H3,(H,10,11). The molecule has 0 amide bonds. The average Bonchev–Trinajstić information content (AvgIpc) is 2.01. The second kappa shape index (κ2) is 4.54. The van der Waals surface area contributed by atoms with Gasteiger partial charge in [-0.25, -0.2) is 4.98 Å². The van der Waals surface area contributed by atoms with E-state index in [1.165, 1.54) is 0 Å². The molecule has 0 saturated heterocycles. The van der Waals surface area contributed by atoms with E-state index >= 15 is 0 Å². The molecule has 1 aromatic rings. The van der Waals surface area contributed by atoms with Crippen molar-refractivity contribution < 1.29 is 0 Å². The molecule has 0 unspecified atom stereocenters. The number of hydrogen-bond acceptors (Lipinski definition) is 2. The molecule has 11 heavy (non-hydrogen) atoms. The summed E-state index contributed by atoms with van der Waals surface area (Å²) in [6, 6.07) is 5.97. The zero-order valence-corrected chi connectivity index (χ0v) is 8.63. The molecule has 60 valence electrons. The predicted octanol–water partition coefficient (Wildman–Crippen LogP) is 2.51. The minimum atomic E-state index is 0.971. The number of nitrogens with zero attached hydrogens (tertiary/aromatic N) is 1. The van der Waals surface area contributed by atoms with Crippen molar-refractivity contribution in [1.82, 2.24) is 4.98 Å². The lowest BCUT2D eigenvalue weighted by Crippen LogP contribution is -2.01. The van der Waals surface area contributed by atoms with Gasteiger partial charge in [-0.15, -0.1) is 0 Å².